The van der Waals surface area contributed by atoms with E-state index >= 15 is 0 Å². The van der Waals surface area contributed by atoms with Gasteiger partial charge in [0.05, 0.1) is 19.8 Å². The molecule has 0 aromatic heterocycles. The SMILES string of the molecule is CCC(CC)C(CN=C(N)N1CCCCCC1)N1CCOCC1. The zero-order chi connectivity index (χ0) is 16.5. The van der Waals surface area contributed by atoms with Crippen molar-refractivity contribution in [3.05, 3.63) is 0 Å². The average molecular weight is 325 g/mol. The summed E-state index contributed by atoms with van der Waals surface area (Å²) in [6.45, 7) is 11.3. The molecule has 0 aromatic carbocycles. The molecule has 2 saturated heterocycles. The molecule has 2 aliphatic heterocycles. The number of nitrogens with zero attached hydrogens (tertiary/aromatic N) is 3. The van der Waals surface area contributed by atoms with Gasteiger partial charge in [-0.05, 0) is 18.8 Å². The fourth-order valence-corrected chi connectivity index (χ4v) is 3.89. The van der Waals surface area contributed by atoms with Crippen LogP contribution < -0.4 is 5.73 Å². The maximum atomic E-state index is 6.31. The van der Waals surface area contributed by atoms with Crippen LogP contribution in [0.5, 0.6) is 0 Å². The van der Waals surface area contributed by atoms with Crippen molar-refractivity contribution in [2.45, 2.75) is 58.4 Å². The van der Waals surface area contributed by atoms with Gasteiger partial charge < -0.3 is 15.4 Å². The highest BCUT2D eigenvalue weighted by Gasteiger charge is 2.27. The predicted octanol–water partition coefficient (Wildman–Crippen LogP) is 2.31. The number of aliphatic imine (C=N–C) groups is 1. The zero-order valence-electron chi connectivity index (χ0n) is 15.2. The van der Waals surface area contributed by atoms with Crippen LogP contribution >= 0.6 is 0 Å². The van der Waals surface area contributed by atoms with Crippen molar-refractivity contribution >= 4 is 5.96 Å². The highest BCUT2D eigenvalue weighted by atomic mass is 16.5. The number of hydrogen-bond donors (Lipinski definition) is 1. The van der Waals surface area contributed by atoms with Crippen LogP contribution in [-0.2, 0) is 4.74 Å². The molecule has 2 fully saturated rings. The fraction of sp³-hybridized carbons (Fsp3) is 0.944. The number of hydrogen-bond acceptors (Lipinski definition) is 3. The third-order valence-corrected chi connectivity index (χ3v) is 5.48. The van der Waals surface area contributed by atoms with E-state index in [0.29, 0.717) is 12.0 Å². The molecule has 23 heavy (non-hydrogen) atoms. The molecule has 0 radical (unpaired) electrons. The first-order valence-corrected chi connectivity index (χ1v) is 9.62. The van der Waals surface area contributed by atoms with Crippen molar-refractivity contribution < 1.29 is 4.74 Å². The summed E-state index contributed by atoms with van der Waals surface area (Å²) in [6, 6.07) is 0.499. The smallest absolute Gasteiger partial charge is 0.191 e. The Morgan fingerprint density at radius 2 is 1.61 bits per heavy atom. The summed E-state index contributed by atoms with van der Waals surface area (Å²) in [5, 5.41) is 0. The van der Waals surface area contributed by atoms with Crippen molar-refractivity contribution in [3.63, 3.8) is 0 Å². The van der Waals surface area contributed by atoms with Gasteiger partial charge in [-0.15, -0.1) is 0 Å². The number of rotatable bonds is 6. The summed E-state index contributed by atoms with van der Waals surface area (Å²) in [4.78, 5) is 9.68. The highest BCUT2D eigenvalue weighted by Crippen LogP contribution is 2.20. The molecule has 0 saturated carbocycles. The van der Waals surface area contributed by atoms with Gasteiger partial charge in [0.1, 0.15) is 0 Å². The molecule has 2 rings (SSSR count). The lowest BCUT2D eigenvalue weighted by atomic mass is 9.92. The molecule has 2 aliphatic rings. The zero-order valence-corrected chi connectivity index (χ0v) is 15.2. The van der Waals surface area contributed by atoms with Crippen LogP contribution in [0.3, 0.4) is 0 Å². The maximum Gasteiger partial charge on any atom is 0.191 e. The number of ether oxygens (including phenoxy) is 1. The van der Waals surface area contributed by atoms with Crippen LogP contribution in [0.4, 0.5) is 0 Å². The lowest BCUT2D eigenvalue weighted by molar-refractivity contribution is 0.00392. The Kier molecular flexibility index (Phi) is 8.17. The van der Waals surface area contributed by atoms with E-state index in [-0.39, 0.29) is 0 Å². The van der Waals surface area contributed by atoms with Gasteiger partial charge >= 0.3 is 0 Å². The normalized spacial score (nSPS) is 23.1. The van der Waals surface area contributed by atoms with E-state index in [9.17, 15) is 0 Å². The maximum absolute atomic E-state index is 6.31. The van der Waals surface area contributed by atoms with E-state index in [1.165, 1.54) is 38.5 Å². The Hall–Kier alpha value is -0.810. The summed E-state index contributed by atoms with van der Waals surface area (Å²) in [7, 11) is 0. The van der Waals surface area contributed by atoms with Crippen LogP contribution in [-0.4, -0.2) is 67.7 Å². The van der Waals surface area contributed by atoms with Crippen LogP contribution in [0.1, 0.15) is 52.4 Å². The standard InChI is InChI=1S/C18H36N4O/c1-3-16(4-2)17(21-11-13-23-14-12-21)15-20-18(19)22-9-7-5-6-8-10-22/h16-17H,3-15H2,1-2H3,(H2,19,20). The molecule has 0 aliphatic carbocycles. The van der Waals surface area contributed by atoms with E-state index in [0.717, 1.165) is 51.9 Å². The van der Waals surface area contributed by atoms with Gasteiger partial charge in [-0.1, -0.05) is 39.5 Å². The molecule has 0 aromatic rings. The largest absolute Gasteiger partial charge is 0.379 e. The summed E-state index contributed by atoms with van der Waals surface area (Å²) in [6.07, 6.45) is 7.56. The van der Waals surface area contributed by atoms with E-state index in [2.05, 4.69) is 23.6 Å². The fourth-order valence-electron chi connectivity index (χ4n) is 3.89. The van der Waals surface area contributed by atoms with Crippen molar-refractivity contribution in [2.75, 3.05) is 45.9 Å². The Morgan fingerprint density at radius 1 is 1.00 bits per heavy atom. The van der Waals surface area contributed by atoms with Gasteiger partial charge in [0, 0.05) is 32.2 Å². The number of likely N-dealkylation sites (tertiary alicyclic amines) is 1. The topological polar surface area (TPSA) is 54.1 Å². The number of nitrogens with two attached hydrogens (primary N) is 1. The molecular weight excluding hydrogens is 288 g/mol. The van der Waals surface area contributed by atoms with Gasteiger partial charge in [-0.3, -0.25) is 9.89 Å². The first-order chi connectivity index (χ1) is 11.3. The third kappa shape index (κ3) is 5.64. The van der Waals surface area contributed by atoms with Crippen molar-refractivity contribution in [3.8, 4) is 0 Å². The van der Waals surface area contributed by atoms with Gasteiger partial charge in [0.2, 0.25) is 0 Å². The summed E-state index contributed by atoms with van der Waals surface area (Å²) < 4.78 is 5.52. The van der Waals surface area contributed by atoms with E-state index in [1.54, 1.807) is 0 Å². The van der Waals surface area contributed by atoms with Crippen LogP contribution in [0.15, 0.2) is 4.99 Å². The Morgan fingerprint density at radius 3 is 2.17 bits per heavy atom. The van der Waals surface area contributed by atoms with Crippen LogP contribution in [0.2, 0.25) is 0 Å². The van der Waals surface area contributed by atoms with Crippen LogP contribution in [0.25, 0.3) is 0 Å². The molecule has 0 spiro atoms. The predicted molar refractivity (Wildman–Crippen MR) is 96.8 cm³/mol. The van der Waals surface area contributed by atoms with Crippen molar-refractivity contribution in [2.24, 2.45) is 16.6 Å². The van der Waals surface area contributed by atoms with Crippen molar-refractivity contribution in [1.82, 2.24) is 9.80 Å². The molecule has 0 amide bonds. The van der Waals surface area contributed by atoms with Crippen molar-refractivity contribution in [1.29, 1.82) is 0 Å². The van der Waals surface area contributed by atoms with Crippen LogP contribution in [0, 0.1) is 5.92 Å². The van der Waals surface area contributed by atoms with Gasteiger partial charge in [-0.2, -0.15) is 0 Å². The lowest BCUT2D eigenvalue weighted by Gasteiger charge is -2.38. The summed E-state index contributed by atoms with van der Waals surface area (Å²) in [5.74, 6) is 1.45. The van der Waals surface area contributed by atoms with E-state index < -0.39 is 0 Å². The second-order valence-corrected chi connectivity index (χ2v) is 6.89. The van der Waals surface area contributed by atoms with Gasteiger partial charge in [0.15, 0.2) is 5.96 Å². The Balaban J connectivity index is 1.98. The van der Waals surface area contributed by atoms with Gasteiger partial charge in [-0.25, -0.2) is 0 Å². The molecule has 5 nitrogen and oxygen atoms in total. The second-order valence-electron chi connectivity index (χ2n) is 6.89. The molecule has 2 N–H and O–H groups in total. The molecule has 134 valence electrons. The van der Waals surface area contributed by atoms with Gasteiger partial charge in [0.25, 0.3) is 0 Å². The number of morpholine rings is 1. The summed E-state index contributed by atoms with van der Waals surface area (Å²) >= 11 is 0. The molecule has 1 unspecified atom stereocenters. The molecule has 0 bridgehead atoms. The Labute approximate surface area is 142 Å². The number of guanidine groups is 1. The molecule has 2 heterocycles. The molecular formula is C18H36N4O. The monoisotopic (exact) mass is 324 g/mol. The van der Waals surface area contributed by atoms with E-state index in [4.69, 9.17) is 15.5 Å². The molecule has 5 heteroatoms. The van der Waals surface area contributed by atoms with E-state index in [1.807, 2.05) is 0 Å². The average Bonchev–Trinajstić information content (AvgIpc) is 2.88. The first-order valence-electron chi connectivity index (χ1n) is 9.62. The quantitative estimate of drug-likeness (QED) is 0.602. The third-order valence-electron chi connectivity index (χ3n) is 5.48. The lowest BCUT2D eigenvalue weighted by Crippen LogP contribution is -2.49. The second kappa shape index (κ2) is 10.1. The Bertz CT molecular complexity index is 343. The molecule has 1 atom stereocenters. The summed E-state index contributed by atoms with van der Waals surface area (Å²) in [5.41, 5.74) is 6.31. The first kappa shape index (κ1) is 18.5. The highest BCUT2D eigenvalue weighted by molar-refractivity contribution is 5.78. The minimum Gasteiger partial charge on any atom is -0.379 e. The minimum atomic E-state index is 0.499. The minimum absolute atomic E-state index is 0.499.